The van der Waals surface area contributed by atoms with Crippen LogP contribution in [0.3, 0.4) is 0 Å². The number of alkyl halides is 1. The predicted molar refractivity (Wildman–Crippen MR) is 91.9 cm³/mol. The Bertz CT molecular complexity index is 564. The highest BCUT2D eigenvalue weighted by molar-refractivity contribution is 9.10. The van der Waals surface area contributed by atoms with Crippen LogP contribution in [0, 0.1) is 12.8 Å². The molecule has 0 radical (unpaired) electrons. The summed E-state index contributed by atoms with van der Waals surface area (Å²) in [6.45, 7) is 2.10. The fourth-order valence-electron chi connectivity index (χ4n) is 2.24. The van der Waals surface area contributed by atoms with Gasteiger partial charge in [0.25, 0.3) is 0 Å². The van der Waals surface area contributed by atoms with Gasteiger partial charge in [-0.05, 0) is 48.9 Å². The van der Waals surface area contributed by atoms with Crippen molar-refractivity contribution in [3.63, 3.8) is 0 Å². The van der Waals surface area contributed by atoms with Crippen molar-refractivity contribution in [1.82, 2.24) is 0 Å². The zero-order valence-corrected chi connectivity index (χ0v) is 14.5. The van der Waals surface area contributed by atoms with Crippen molar-refractivity contribution in [3.8, 4) is 0 Å². The summed E-state index contributed by atoms with van der Waals surface area (Å²) in [5.41, 5.74) is 3.77. The van der Waals surface area contributed by atoms with Gasteiger partial charge in [-0.15, -0.1) is 11.6 Å². The molecule has 0 aromatic heterocycles. The molecule has 0 aliphatic carbocycles. The molecule has 0 saturated carbocycles. The summed E-state index contributed by atoms with van der Waals surface area (Å²) in [6, 6.07) is 14.7. The number of halogens is 3. The molecule has 1 unspecified atom stereocenters. The van der Waals surface area contributed by atoms with Crippen molar-refractivity contribution in [2.75, 3.05) is 5.88 Å². The minimum Gasteiger partial charge on any atom is -0.126 e. The Morgan fingerprint density at radius 3 is 2.35 bits per heavy atom. The smallest absolute Gasteiger partial charge is 0.0449 e. The minimum atomic E-state index is 0.401. The van der Waals surface area contributed by atoms with Gasteiger partial charge < -0.3 is 0 Å². The molecular formula is C17H17BrCl2. The molecule has 0 heterocycles. The Hall–Kier alpha value is -0.500. The molecule has 0 aliphatic heterocycles. The maximum absolute atomic E-state index is 6.28. The average Bonchev–Trinajstić information content (AvgIpc) is 2.43. The molecule has 0 amide bonds. The standard InChI is InChI=1S/C17H17BrCl2/c1-12-2-4-13(5-3-12)8-14(11-19)9-15-6-7-16(18)10-17(15)20/h2-7,10,14H,8-9,11H2,1H3. The van der Waals surface area contributed by atoms with E-state index in [2.05, 4.69) is 53.2 Å². The fraction of sp³-hybridized carbons (Fsp3) is 0.294. The Morgan fingerprint density at radius 1 is 1.05 bits per heavy atom. The number of hydrogen-bond donors (Lipinski definition) is 0. The molecule has 2 aromatic carbocycles. The summed E-state index contributed by atoms with van der Waals surface area (Å²) in [4.78, 5) is 0. The molecule has 0 saturated heterocycles. The van der Waals surface area contributed by atoms with Crippen LogP contribution in [0.2, 0.25) is 5.02 Å². The first-order valence-electron chi connectivity index (χ1n) is 6.64. The second-order valence-corrected chi connectivity index (χ2v) is 6.78. The van der Waals surface area contributed by atoms with E-state index in [0.29, 0.717) is 11.8 Å². The van der Waals surface area contributed by atoms with Crippen molar-refractivity contribution in [2.45, 2.75) is 19.8 Å². The van der Waals surface area contributed by atoms with Crippen LogP contribution < -0.4 is 0 Å². The quantitative estimate of drug-likeness (QED) is 0.561. The minimum absolute atomic E-state index is 0.401. The van der Waals surface area contributed by atoms with Gasteiger partial charge in [-0.2, -0.15) is 0 Å². The summed E-state index contributed by atoms with van der Waals surface area (Å²) >= 11 is 15.8. The maximum Gasteiger partial charge on any atom is 0.0449 e. The predicted octanol–water partition coefficient (Wildman–Crippen LogP) is 6.05. The van der Waals surface area contributed by atoms with E-state index < -0.39 is 0 Å². The lowest BCUT2D eigenvalue weighted by Gasteiger charge is -2.15. The maximum atomic E-state index is 6.28. The molecular weight excluding hydrogens is 355 g/mol. The lowest BCUT2D eigenvalue weighted by Crippen LogP contribution is -2.10. The summed E-state index contributed by atoms with van der Waals surface area (Å²) in [5.74, 6) is 1.04. The Balaban J connectivity index is 2.07. The molecule has 0 aliphatic rings. The van der Waals surface area contributed by atoms with E-state index in [1.165, 1.54) is 11.1 Å². The van der Waals surface area contributed by atoms with Crippen molar-refractivity contribution in [2.24, 2.45) is 5.92 Å². The summed E-state index contributed by atoms with van der Waals surface area (Å²) in [6.07, 6.45) is 1.89. The van der Waals surface area contributed by atoms with Crippen LogP contribution in [0.5, 0.6) is 0 Å². The van der Waals surface area contributed by atoms with Crippen LogP contribution in [0.4, 0.5) is 0 Å². The first kappa shape index (κ1) is 15.9. The van der Waals surface area contributed by atoms with Gasteiger partial charge in [0, 0.05) is 15.4 Å². The van der Waals surface area contributed by atoms with Gasteiger partial charge in [-0.25, -0.2) is 0 Å². The molecule has 0 bridgehead atoms. The van der Waals surface area contributed by atoms with E-state index >= 15 is 0 Å². The first-order valence-corrected chi connectivity index (χ1v) is 8.34. The zero-order chi connectivity index (χ0) is 14.5. The van der Waals surface area contributed by atoms with Crippen LogP contribution in [-0.2, 0) is 12.8 Å². The summed E-state index contributed by atoms with van der Waals surface area (Å²) in [7, 11) is 0. The number of benzene rings is 2. The van der Waals surface area contributed by atoms with E-state index in [0.717, 1.165) is 27.9 Å². The van der Waals surface area contributed by atoms with Crippen molar-refractivity contribution < 1.29 is 0 Å². The van der Waals surface area contributed by atoms with Crippen LogP contribution in [0.15, 0.2) is 46.9 Å². The average molecular weight is 372 g/mol. The highest BCUT2D eigenvalue weighted by Crippen LogP contribution is 2.25. The lowest BCUT2D eigenvalue weighted by molar-refractivity contribution is 0.584. The molecule has 0 spiro atoms. The SMILES string of the molecule is Cc1ccc(CC(CCl)Cc2ccc(Br)cc2Cl)cc1. The number of aryl methyl sites for hydroxylation is 1. The first-order chi connectivity index (χ1) is 9.58. The van der Waals surface area contributed by atoms with E-state index in [-0.39, 0.29) is 0 Å². The third-order valence-electron chi connectivity index (χ3n) is 3.39. The van der Waals surface area contributed by atoms with Gasteiger partial charge in [-0.3, -0.25) is 0 Å². The third kappa shape index (κ3) is 4.51. The molecule has 0 fully saturated rings. The molecule has 0 N–H and O–H groups in total. The van der Waals surface area contributed by atoms with Crippen molar-refractivity contribution in [3.05, 3.63) is 68.7 Å². The second kappa shape index (κ2) is 7.49. The Morgan fingerprint density at radius 2 is 1.75 bits per heavy atom. The third-order valence-corrected chi connectivity index (χ3v) is 4.67. The monoisotopic (exact) mass is 370 g/mol. The van der Waals surface area contributed by atoms with Gasteiger partial charge >= 0.3 is 0 Å². The normalized spacial score (nSPS) is 12.4. The largest absolute Gasteiger partial charge is 0.126 e. The molecule has 1 atom stereocenters. The topological polar surface area (TPSA) is 0 Å². The van der Waals surface area contributed by atoms with Crippen LogP contribution >= 0.6 is 39.1 Å². The summed E-state index contributed by atoms with van der Waals surface area (Å²) in [5, 5.41) is 0.804. The number of hydrogen-bond acceptors (Lipinski definition) is 0. The highest BCUT2D eigenvalue weighted by atomic mass is 79.9. The Labute approximate surface area is 139 Å². The van der Waals surface area contributed by atoms with Crippen LogP contribution in [0.25, 0.3) is 0 Å². The Kier molecular flexibility index (Phi) is 5.95. The van der Waals surface area contributed by atoms with Gasteiger partial charge in [0.2, 0.25) is 0 Å². The summed E-state index contributed by atoms with van der Waals surface area (Å²) < 4.78 is 1.01. The van der Waals surface area contributed by atoms with E-state index in [1.54, 1.807) is 0 Å². The highest BCUT2D eigenvalue weighted by Gasteiger charge is 2.12. The van der Waals surface area contributed by atoms with Crippen LogP contribution in [-0.4, -0.2) is 5.88 Å². The van der Waals surface area contributed by atoms with Crippen LogP contribution in [0.1, 0.15) is 16.7 Å². The van der Waals surface area contributed by atoms with E-state index in [4.69, 9.17) is 23.2 Å². The number of rotatable bonds is 5. The van der Waals surface area contributed by atoms with Crippen molar-refractivity contribution in [1.29, 1.82) is 0 Å². The van der Waals surface area contributed by atoms with Gasteiger partial charge in [-0.1, -0.05) is 63.4 Å². The van der Waals surface area contributed by atoms with Gasteiger partial charge in [0.05, 0.1) is 0 Å². The molecule has 3 heteroatoms. The van der Waals surface area contributed by atoms with Crippen molar-refractivity contribution >= 4 is 39.1 Å². The molecule has 2 rings (SSSR count). The molecule has 106 valence electrons. The zero-order valence-electron chi connectivity index (χ0n) is 11.4. The van der Waals surface area contributed by atoms with E-state index in [9.17, 15) is 0 Å². The molecule has 2 aromatic rings. The fourth-order valence-corrected chi connectivity index (χ4v) is 3.21. The van der Waals surface area contributed by atoms with Gasteiger partial charge in [0.15, 0.2) is 0 Å². The second-order valence-electron chi connectivity index (χ2n) is 5.15. The van der Waals surface area contributed by atoms with Gasteiger partial charge in [0.1, 0.15) is 0 Å². The molecule has 20 heavy (non-hydrogen) atoms. The van der Waals surface area contributed by atoms with E-state index in [1.807, 2.05) is 12.1 Å². The molecule has 0 nitrogen and oxygen atoms in total. The lowest BCUT2D eigenvalue weighted by atomic mass is 9.94.